The van der Waals surface area contributed by atoms with E-state index < -0.39 is 48.8 Å². The van der Waals surface area contributed by atoms with Gasteiger partial charge in [-0.1, -0.05) is 20.8 Å². The Morgan fingerprint density at radius 1 is 1.20 bits per heavy atom. The van der Waals surface area contributed by atoms with Crippen LogP contribution in [0, 0.1) is 0 Å². The maximum atomic E-state index is 16.1. The fraction of sp³-hybridized carbons (Fsp3) is 0.708. The van der Waals surface area contributed by atoms with Crippen LogP contribution >= 0.6 is 0 Å². The maximum Gasteiger partial charge on any atom is 0.410 e. The second kappa shape index (κ2) is 10.1. The van der Waals surface area contributed by atoms with Crippen LogP contribution in [0.2, 0.25) is 18.1 Å². The Kier molecular flexibility index (Phi) is 8.38. The van der Waals surface area contributed by atoms with Crippen molar-refractivity contribution in [3.8, 4) is 5.88 Å². The van der Waals surface area contributed by atoms with Crippen LogP contribution in [-0.2, 0) is 19.8 Å². The highest BCUT2D eigenvalue weighted by Gasteiger charge is 2.53. The van der Waals surface area contributed by atoms with Crippen molar-refractivity contribution in [2.24, 2.45) is 0 Å². The quantitative estimate of drug-likeness (QED) is 0.444. The summed E-state index contributed by atoms with van der Waals surface area (Å²) in [7, 11) is -1.82. The van der Waals surface area contributed by atoms with Gasteiger partial charge in [-0.2, -0.15) is 0 Å². The molecule has 0 saturated carbocycles. The van der Waals surface area contributed by atoms with Gasteiger partial charge >= 0.3 is 6.09 Å². The van der Waals surface area contributed by atoms with Crippen LogP contribution in [0.15, 0.2) is 12.3 Å². The minimum Gasteiger partial charge on any atom is -0.481 e. The fourth-order valence-corrected chi connectivity index (χ4v) is 4.67. The van der Waals surface area contributed by atoms with Crippen LogP contribution in [0.4, 0.5) is 18.0 Å². The van der Waals surface area contributed by atoms with Crippen LogP contribution in [0.1, 0.15) is 65.0 Å². The van der Waals surface area contributed by atoms with Crippen molar-refractivity contribution in [3.63, 3.8) is 0 Å². The molecular formula is C24H37F3N2O5Si. The Hall–Kier alpha value is -2.14. The Labute approximate surface area is 206 Å². The molecule has 0 aliphatic carbocycles. The number of methoxy groups -OCH3 is 1. The number of piperidine rings is 1. The third-order valence-electron chi connectivity index (χ3n) is 6.40. The molecule has 2 unspecified atom stereocenters. The van der Waals surface area contributed by atoms with Crippen LogP contribution in [-0.4, -0.2) is 62.3 Å². The molecule has 7 nitrogen and oxygen atoms in total. The lowest BCUT2D eigenvalue weighted by molar-refractivity contribution is -0.183. The Balaban J connectivity index is 2.51. The summed E-state index contributed by atoms with van der Waals surface area (Å²) < 4.78 is 60.8. The molecule has 2 rings (SSSR count). The first-order chi connectivity index (χ1) is 15.8. The zero-order valence-corrected chi connectivity index (χ0v) is 23.0. The molecular weight excluding hydrogens is 481 g/mol. The second-order valence-electron chi connectivity index (χ2n) is 11.3. The number of hydrogen-bond acceptors (Lipinski definition) is 6. The lowest BCUT2D eigenvalue weighted by Gasteiger charge is -2.41. The van der Waals surface area contributed by atoms with Gasteiger partial charge in [0.05, 0.1) is 18.6 Å². The van der Waals surface area contributed by atoms with E-state index in [0.29, 0.717) is 0 Å². The zero-order chi connectivity index (χ0) is 27.0. The number of amides is 1. The molecule has 0 radical (unpaired) electrons. The van der Waals surface area contributed by atoms with E-state index in [9.17, 15) is 18.4 Å². The molecule has 198 valence electrons. The number of rotatable bonds is 6. The molecule has 1 aromatic heterocycles. The van der Waals surface area contributed by atoms with Crippen molar-refractivity contribution < 1.29 is 36.7 Å². The normalized spacial score (nSPS) is 19.5. The van der Waals surface area contributed by atoms with E-state index >= 15 is 4.39 Å². The second-order valence-corrected chi connectivity index (χ2v) is 16.1. The largest absolute Gasteiger partial charge is 0.481 e. The number of Topliss-reactive ketones (excluding diaryl/α,β-unsaturated/α-hetero) is 1. The van der Waals surface area contributed by atoms with E-state index in [0.717, 1.165) is 6.07 Å². The van der Waals surface area contributed by atoms with Crippen LogP contribution in [0.3, 0.4) is 0 Å². The molecule has 2 heterocycles. The molecule has 0 spiro atoms. The molecule has 1 aromatic rings. The van der Waals surface area contributed by atoms with Gasteiger partial charge in [0.15, 0.2) is 8.32 Å². The van der Waals surface area contributed by atoms with E-state index in [-0.39, 0.29) is 36.7 Å². The molecule has 2 atom stereocenters. The molecule has 1 aliphatic heterocycles. The molecule has 0 bridgehead atoms. The highest BCUT2D eigenvalue weighted by molar-refractivity contribution is 6.74. The van der Waals surface area contributed by atoms with Gasteiger partial charge in [0.2, 0.25) is 5.88 Å². The number of likely N-dealkylation sites (tertiary alicyclic amines) is 1. The molecule has 0 aromatic carbocycles. The molecule has 1 saturated heterocycles. The first kappa shape index (κ1) is 29.1. The number of ether oxygens (including phenoxy) is 2. The average molecular weight is 519 g/mol. The smallest absolute Gasteiger partial charge is 0.410 e. The SMILES string of the molecule is COc1ncc(C2CN(C(=O)OC(C)(C)C)CCC2=O)cc1C(F)(O[Si](C)(C)C(C)(C)C)C(F)F. The topological polar surface area (TPSA) is 78.0 Å². The highest BCUT2D eigenvalue weighted by Crippen LogP contribution is 2.47. The van der Waals surface area contributed by atoms with Crippen molar-refractivity contribution in [3.05, 3.63) is 23.4 Å². The van der Waals surface area contributed by atoms with Gasteiger partial charge in [-0.15, -0.1) is 0 Å². The number of carbonyl (C=O) groups is 2. The summed E-state index contributed by atoms with van der Waals surface area (Å²) in [4.78, 5) is 30.7. The summed E-state index contributed by atoms with van der Waals surface area (Å²) >= 11 is 0. The van der Waals surface area contributed by atoms with E-state index in [1.165, 1.54) is 18.2 Å². The number of nitrogens with zero attached hydrogens (tertiary/aromatic N) is 2. The average Bonchev–Trinajstić information content (AvgIpc) is 2.71. The summed E-state index contributed by atoms with van der Waals surface area (Å²) in [6.07, 6.45) is -2.81. The van der Waals surface area contributed by atoms with Gasteiger partial charge in [-0.3, -0.25) is 4.79 Å². The molecule has 1 aliphatic rings. The van der Waals surface area contributed by atoms with Crippen molar-refractivity contribution in [1.82, 2.24) is 9.88 Å². The number of hydrogen-bond donors (Lipinski definition) is 0. The van der Waals surface area contributed by atoms with E-state index in [2.05, 4.69) is 4.98 Å². The van der Waals surface area contributed by atoms with Crippen LogP contribution in [0.5, 0.6) is 5.88 Å². The number of ketones is 1. The third kappa shape index (κ3) is 6.55. The summed E-state index contributed by atoms with van der Waals surface area (Å²) in [5.41, 5.74) is -1.12. The Morgan fingerprint density at radius 3 is 2.29 bits per heavy atom. The van der Waals surface area contributed by atoms with E-state index in [1.807, 2.05) is 20.8 Å². The van der Waals surface area contributed by atoms with E-state index in [4.69, 9.17) is 13.9 Å². The fourth-order valence-electron chi connectivity index (χ4n) is 3.42. The van der Waals surface area contributed by atoms with Gasteiger partial charge in [0.25, 0.3) is 12.3 Å². The lowest BCUT2D eigenvalue weighted by Crippen LogP contribution is -2.49. The number of alkyl halides is 3. The molecule has 1 amide bonds. The minimum atomic E-state index is -3.54. The number of pyridine rings is 1. The Bertz CT molecular complexity index is 946. The minimum absolute atomic E-state index is 0.0430. The first-order valence-corrected chi connectivity index (χ1v) is 14.5. The van der Waals surface area contributed by atoms with Crippen molar-refractivity contribution >= 4 is 20.2 Å². The number of aromatic nitrogens is 1. The predicted molar refractivity (Wildman–Crippen MR) is 128 cm³/mol. The molecule has 35 heavy (non-hydrogen) atoms. The van der Waals surface area contributed by atoms with Gasteiger partial charge in [0.1, 0.15) is 11.4 Å². The van der Waals surface area contributed by atoms with Gasteiger partial charge in [-0.25, -0.2) is 22.9 Å². The van der Waals surface area contributed by atoms with Crippen molar-refractivity contribution in [2.45, 2.75) is 89.9 Å². The van der Waals surface area contributed by atoms with Crippen molar-refractivity contribution in [1.29, 1.82) is 0 Å². The van der Waals surface area contributed by atoms with Gasteiger partial charge in [0, 0.05) is 25.7 Å². The summed E-state index contributed by atoms with van der Waals surface area (Å²) in [5, 5.41) is -0.551. The third-order valence-corrected chi connectivity index (χ3v) is 10.8. The molecule has 0 N–H and O–H groups in total. The van der Waals surface area contributed by atoms with E-state index in [1.54, 1.807) is 33.9 Å². The van der Waals surface area contributed by atoms with Crippen LogP contribution in [0.25, 0.3) is 0 Å². The highest BCUT2D eigenvalue weighted by atomic mass is 28.4. The summed E-state index contributed by atoms with van der Waals surface area (Å²) in [5.74, 6) is -4.96. The first-order valence-electron chi connectivity index (χ1n) is 11.5. The predicted octanol–water partition coefficient (Wildman–Crippen LogP) is 5.79. The molecule has 11 heteroatoms. The number of halogens is 3. The van der Waals surface area contributed by atoms with Crippen molar-refractivity contribution in [2.75, 3.05) is 20.2 Å². The zero-order valence-electron chi connectivity index (χ0n) is 22.0. The van der Waals surface area contributed by atoms with Gasteiger partial charge < -0.3 is 18.8 Å². The monoisotopic (exact) mass is 518 g/mol. The Morgan fingerprint density at radius 2 is 1.80 bits per heavy atom. The standard InChI is InChI=1S/C24H37F3N2O5Si/c1-22(2,3)33-21(31)29-11-10-18(30)16(14-29)15-12-17(19(32-7)28-13-15)24(27,20(25)26)34-35(8,9)23(4,5)6/h12-13,16,20H,10-11,14H2,1-9H3. The summed E-state index contributed by atoms with van der Waals surface area (Å²) in [6.45, 7) is 14.1. The van der Waals surface area contributed by atoms with Crippen LogP contribution < -0.4 is 4.74 Å². The lowest BCUT2D eigenvalue weighted by atomic mass is 9.89. The van der Waals surface area contributed by atoms with Gasteiger partial charge in [-0.05, 0) is 50.5 Å². The molecule has 1 fully saturated rings. The summed E-state index contributed by atoms with van der Waals surface area (Å²) in [6, 6.07) is 1.15. The number of carbonyl (C=O) groups excluding carboxylic acids is 2. The maximum absolute atomic E-state index is 16.1.